The van der Waals surface area contributed by atoms with E-state index < -0.39 is 0 Å². The predicted molar refractivity (Wildman–Crippen MR) is 81.8 cm³/mol. The molecule has 0 radical (unpaired) electrons. The molecule has 0 fully saturated rings. The molecule has 0 N–H and O–H groups in total. The van der Waals surface area contributed by atoms with E-state index in [1.807, 2.05) is 48.6 Å². The quantitative estimate of drug-likeness (QED) is 0.554. The molecular weight excluding hydrogens is 228 g/mol. The van der Waals surface area contributed by atoms with Crippen LogP contribution in [0.3, 0.4) is 0 Å². The second-order valence-electron chi connectivity index (χ2n) is 4.31. The summed E-state index contributed by atoms with van der Waals surface area (Å²) in [5, 5.41) is 0. The zero-order chi connectivity index (χ0) is 13.6. The van der Waals surface area contributed by atoms with Gasteiger partial charge in [-0.1, -0.05) is 78.7 Å². The summed E-state index contributed by atoms with van der Waals surface area (Å²) in [6, 6.07) is 20.5. The Kier molecular flexibility index (Phi) is 4.00. The molecule has 0 aliphatic heterocycles. The summed E-state index contributed by atoms with van der Waals surface area (Å²) in [6.07, 6.45) is 11.1. The van der Waals surface area contributed by atoms with Crippen molar-refractivity contribution < 1.29 is 0 Å². The number of benzene rings is 2. The molecule has 0 spiro atoms. The highest BCUT2D eigenvalue weighted by molar-refractivity contribution is 5.49. The Bertz CT molecular complexity index is 558. The summed E-state index contributed by atoms with van der Waals surface area (Å²) in [6.45, 7) is 4.02. The van der Waals surface area contributed by atoms with Gasteiger partial charge in [-0.25, -0.2) is 0 Å². The Morgan fingerprint density at radius 2 is 1.37 bits per heavy atom. The van der Waals surface area contributed by atoms with E-state index in [4.69, 9.17) is 6.42 Å². The first-order valence-electron chi connectivity index (χ1n) is 6.22. The van der Waals surface area contributed by atoms with E-state index in [1.165, 1.54) is 0 Å². The fourth-order valence-corrected chi connectivity index (χ4v) is 2.27. The fourth-order valence-electron chi connectivity index (χ4n) is 2.27. The van der Waals surface area contributed by atoms with Gasteiger partial charge in [-0.15, -0.1) is 13.0 Å². The summed E-state index contributed by atoms with van der Waals surface area (Å²) in [4.78, 5) is 0. The molecule has 2 rings (SSSR count). The van der Waals surface area contributed by atoms with Crippen LogP contribution >= 0.6 is 0 Å². The molecule has 0 aliphatic carbocycles. The summed E-state index contributed by atoms with van der Waals surface area (Å²) in [5.41, 5.74) is 1.93. The Balaban J connectivity index is 2.66. The van der Waals surface area contributed by atoms with Crippen molar-refractivity contribution in [3.8, 4) is 12.3 Å². The monoisotopic (exact) mass is 244 g/mol. The maximum atomic E-state index is 5.38. The Morgan fingerprint density at radius 1 is 0.895 bits per heavy atom. The van der Waals surface area contributed by atoms with Gasteiger partial charge in [-0.05, 0) is 17.2 Å². The van der Waals surface area contributed by atoms with Crippen molar-refractivity contribution in [2.45, 2.75) is 5.41 Å². The third-order valence-electron chi connectivity index (χ3n) is 3.27. The molecule has 0 amide bonds. The van der Waals surface area contributed by atoms with Crippen LogP contribution in [0.15, 0.2) is 85.5 Å². The molecule has 19 heavy (non-hydrogen) atoms. The molecule has 0 bridgehead atoms. The first kappa shape index (κ1) is 12.9. The van der Waals surface area contributed by atoms with Crippen LogP contribution in [0.5, 0.6) is 0 Å². The third kappa shape index (κ3) is 2.51. The van der Waals surface area contributed by atoms with E-state index in [0.29, 0.717) is 0 Å². The number of hydrogen-bond acceptors (Lipinski definition) is 0. The van der Waals surface area contributed by atoms with Crippen LogP contribution in [0, 0.1) is 12.3 Å². The molecule has 92 valence electrons. The lowest BCUT2D eigenvalue weighted by atomic mass is 9.74. The van der Waals surface area contributed by atoms with E-state index in [1.54, 1.807) is 6.08 Å². The topological polar surface area (TPSA) is 0 Å². The maximum absolute atomic E-state index is 5.38. The first-order valence-corrected chi connectivity index (χ1v) is 6.22. The van der Waals surface area contributed by atoms with E-state index in [2.05, 4.69) is 36.8 Å². The second-order valence-corrected chi connectivity index (χ2v) is 4.31. The van der Waals surface area contributed by atoms with Gasteiger partial charge in [0, 0.05) is 0 Å². The van der Waals surface area contributed by atoms with Gasteiger partial charge in [0.25, 0.3) is 0 Å². The minimum Gasteiger partial charge on any atom is -0.115 e. The number of hydrogen-bond donors (Lipinski definition) is 0. The van der Waals surface area contributed by atoms with Crippen molar-refractivity contribution in [2.75, 3.05) is 0 Å². The standard InChI is InChI=1S/C19H16/c1-3-5-16-19(4-2,17-12-8-6-9-13-17)18-14-10-7-11-15-18/h1,4-16H,2H2/b16-5+. The van der Waals surface area contributed by atoms with E-state index in [0.717, 1.165) is 11.1 Å². The highest BCUT2D eigenvalue weighted by atomic mass is 14.3. The Morgan fingerprint density at radius 3 is 1.74 bits per heavy atom. The van der Waals surface area contributed by atoms with Gasteiger partial charge in [0.15, 0.2) is 0 Å². The largest absolute Gasteiger partial charge is 0.115 e. The van der Waals surface area contributed by atoms with Crippen molar-refractivity contribution in [2.24, 2.45) is 0 Å². The van der Waals surface area contributed by atoms with Gasteiger partial charge < -0.3 is 0 Å². The summed E-state index contributed by atoms with van der Waals surface area (Å²) in [7, 11) is 0. The van der Waals surface area contributed by atoms with Crippen LogP contribution in [-0.2, 0) is 5.41 Å². The maximum Gasteiger partial charge on any atom is 0.0569 e. The minimum absolute atomic E-state index is 0.380. The fraction of sp³-hybridized carbons (Fsp3) is 0.0526. The lowest BCUT2D eigenvalue weighted by molar-refractivity contribution is 0.818. The summed E-state index contributed by atoms with van der Waals surface area (Å²) < 4.78 is 0. The van der Waals surface area contributed by atoms with Gasteiger partial charge in [0.1, 0.15) is 0 Å². The number of rotatable bonds is 4. The van der Waals surface area contributed by atoms with Crippen molar-refractivity contribution in [3.05, 3.63) is 96.6 Å². The van der Waals surface area contributed by atoms with Crippen LogP contribution in [0.4, 0.5) is 0 Å². The van der Waals surface area contributed by atoms with Crippen LogP contribution in [0.1, 0.15) is 11.1 Å². The highest BCUT2D eigenvalue weighted by Gasteiger charge is 2.27. The van der Waals surface area contributed by atoms with Crippen LogP contribution < -0.4 is 0 Å². The minimum atomic E-state index is -0.380. The van der Waals surface area contributed by atoms with Crippen molar-refractivity contribution >= 4 is 0 Å². The zero-order valence-corrected chi connectivity index (χ0v) is 10.8. The summed E-state index contributed by atoms with van der Waals surface area (Å²) in [5.74, 6) is 2.57. The molecule has 0 nitrogen and oxygen atoms in total. The highest BCUT2D eigenvalue weighted by Crippen LogP contribution is 2.34. The molecule has 0 saturated carbocycles. The van der Waals surface area contributed by atoms with Gasteiger partial charge in [-0.2, -0.15) is 0 Å². The number of terminal acetylenes is 1. The first-order chi connectivity index (χ1) is 9.33. The van der Waals surface area contributed by atoms with Crippen LogP contribution in [0.2, 0.25) is 0 Å². The summed E-state index contributed by atoms with van der Waals surface area (Å²) >= 11 is 0. The molecule has 0 aliphatic rings. The van der Waals surface area contributed by atoms with Gasteiger partial charge >= 0.3 is 0 Å². The molecule has 0 aromatic heterocycles. The molecule has 0 atom stereocenters. The SMILES string of the molecule is C#C/C=C/C(C=C)(c1ccccc1)c1ccccc1. The lowest BCUT2D eigenvalue weighted by Crippen LogP contribution is -2.22. The Hall–Kier alpha value is -2.52. The van der Waals surface area contributed by atoms with Gasteiger partial charge in [0.05, 0.1) is 5.41 Å². The van der Waals surface area contributed by atoms with E-state index in [-0.39, 0.29) is 5.41 Å². The molecule has 0 heterocycles. The van der Waals surface area contributed by atoms with E-state index in [9.17, 15) is 0 Å². The second kappa shape index (κ2) is 5.89. The average molecular weight is 244 g/mol. The lowest BCUT2D eigenvalue weighted by Gasteiger charge is -2.28. The van der Waals surface area contributed by atoms with Crippen molar-refractivity contribution in [1.82, 2.24) is 0 Å². The predicted octanol–water partition coefficient (Wildman–Crippen LogP) is 4.35. The van der Waals surface area contributed by atoms with Gasteiger partial charge in [0.2, 0.25) is 0 Å². The van der Waals surface area contributed by atoms with Gasteiger partial charge in [-0.3, -0.25) is 0 Å². The third-order valence-corrected chi connectivity index (χ3v) is 3.27. The van der Waals surface area contributed by atoms with Crippen LogP contribution in [0.25, 0.3) is 0 Å². The molecule has 0 unspecified atom stereocenters. The molecule has 0 heteroatoms. The van der Waals surface area contributed by atoms with E-state index >= 15 is 0 Å². The van der Waals surface area contributed by atoms with Crippen molar-refractivity contribution in [1.29, 1.82) is 0 Å². The smallest absolute Gasteiger partial charge is 0.0569 e. The molecule has 0 saturated heterocycles. The molecule has 2 aromatic rings. The molecular formula is C19H16. The Labute approximate surface area is 115 Å². The van der Waals surface area contributed by atoms with Crippen LogP contribution in [-0.4, -0.2) is 0 Å². The molecule has 2 aromatic carbocycles. The average Bonchev–Trinajstić information content (AvgIpc) is 2.51. The normalized spacial score (nSPS) is 11.1. The zero-order valence-electron chi connectivity index (χ0n) is 10.8. The number of allylic oxidation sites excluding steroid dienone is 3. The van der Waals surface area contributed by atoms with Crippen molar-refractivity contribution in [3.63, 3.8) is 0 Å².